The van der Waals surface area contributed by atoms with Crippen LogP contribution < -0.4 is 5.32 Å². The van der Waals surface area contributed by atoms with Gasteiger partial charge in [-0.15, -0.1) is 0 Å². The Balaban J connectivity index is 1.94. The molecule has 2 N–H and O–H groups in total. The van der Waals surface area contributed by atoms with Crippen molar-refractivity contribution in [3.05, 3.63) is 53.4 Å². The topological polar surface area (TPSA) is 50.1 Å². The largest absolute Gasteiger partial charge is 0.387 e. The number of aryl methyl sites for hydroxylation is 1. The number of aliphatic hydroxyl groups is 1. The average molecular weight is 309 g/mol. The van der Waals surface area contributed by atoms with Gasteiger partial charge < -0.3 is 10.4 Å². The molecule has 6 heteroatoms. The van der Waals surface area contributed by atoms with Crippen LogP contribution in [0.15, 0.2) is 30.6 Å². The predicted octanol–water partition coefficient (Wildman–Crippen LogP) is 2.74. The summed E-state index contributed by atoms with van der Waals surface area (Å²) in [5.41, 5.74) is 1.16. The first-order valence-corrected chi connectivity index (χ1v) is 7.25. The van der Waals surface area contributed by atoms with Crippen LogP contribution >= 0.6 is 0 Å². The number of hydrogen-bond acceptors (Lipinski definition) is 3. The molecule has 0 aliphatic carbocycles. The number of aliphatic hydroxyl groups excluding tert-OH is 1. The highest BCUT2D eigenvalue weighted by Gasteiger charge is 2.18. The van der Waals surface area contributed by atoms with Crippen molar-refractivity contribution >= 4 is 0 Å². The van der Waals surface area contributed by atoms with Gasteiger partial charge in [0.2, 0.25) is 0 Å². The lowest BCUT2D eigenvalue weighted by Crippen LogP contribution is -2.36. The van der Waals surface area contributed by atoms with Crippen molar-refractivity contribution in [2.75, 3.05) is 6.54 Å². The molecule has 0 amide bonds. The second-order valence-corrected chi connectivity index (χ2v) is 5.62. The number of benzene rings is 1. The maximum absolute atomic E-state index is 13.6. The Morgan fingerprint density at radius 2 is 2.05 bits per heavy atom. The van der Waals surface area contributed by atoms with Crippen LogP contribution in [0.5, 0.6) is 0 Å². The van der Waals surface area contributed by atoms with Crippen LogP contribution in [0.25, 0.3) is 0 Å². The number of hydrogen-bond donors (Lipinski definition) is 2. The van der Waals surface area contributed by atoms with E-state index in [1.165, 1.54) is 6.07 Å². The van der Waals surface area contributed by atoms with Gasteiger partial charge >= 0.3 is 0 Å². The first-order valence-electron chi connectivity index (χ1n) is 7.25. The SMILES string of the molecule is Cc1cnn([C@H](C)[C@@H](C)NC[C@@H](O)c2ccc(F)cc2F)c1. The number of nitrogens with zero attached hydrogens (tertiary/aromatic N) is 2. The smallest absolute Gasteiger partial charge is 0.131 e. The summed E-state index contributed by atoms with van der Waals surface area (Å²) in [6, 6.07) is 3.29. The zero-order valence-electron chi connectivity index (χ0n) is 12.9. The monoisotopic (exact) mass is 309 g/mol. The van der Waals surface area contributed by atoms with Crippen molar-refractivity contribution in [3.8, 4) is 0 Å². The van der Waals surface area contributed by atoms with E-state index in [0.29, 0.717) is 0 Å². The Morgan fingerprint density at radius 3 is 2.64 bits per heavy atom. The number of rotatable bonds is 6. The second kappa shape index (κ2) is 6.98. The third-order valence-corrected chi connectivity index (χ3v) is 3.83. The van der Waals surface area contributed by atoms with Gasteiger partial charge in [0, 0.05) is 30.4 Å². The van der Waals surface area contributed by atoms with Crippen LogP contribution in [0.4, 0.5) is 8.78 Å². The van der Waals surface area contributed by atoms with E-state index in [1.54, 1.807) is 6.20 Å². The van der Waals surface area contributed by atoms with Crippen molar-refractivity contribution in [1.29, 1.82) is 0 Å². The van der Waals surface area contributed by atoms with E-state index in [-0.39, 0.29) is 24.2 Å². The van der Waals surface area contributed by atoms with E-state index >= 15 is 0 Å². The number of nitrogens with one attached hydrogen (secondary N) is 1. The first-order chi connectivity index (χ1) is 10.4. The van der Waals surface area contributed by atoms with Gasteiger partial charge in [0.05, 0.1) is 18.3 Å². The molecule has 1 heterocycles. The Kier molecular flexibility index (Phi) is 5.26. The summed E-state index contributed by atoms with van der Waals surface area (Å²) in [4.78, 5) is 0. The molecule has 0 unspecified atom stereocenters. The van der Waals surface area contributed by atoms with Gasteiger partial charge in [0.25, 0.3) is 0 Å². The number of aromatic nitrogens is 2. The Bertz CT molecular complexity index is 630. The summed E-state index contributed by atoms with van der Waals surface area (Å²) in [6.45, 7) is 6.12. The third-order valence-electron chi connectivity index (χ3n) is 3.83. The summed E-state index contributed by atoms with van der Waals surface area (Å²) >= 11 is 0. The second-order valence-electron chi connectivity index (χ2n) is 5.62. The van der Waals surface area contributed by atoms with Crippen molar-refractivity contribution in [1.82, 2.24) is 15.1 Å². The molecule has 2 rings (SSSR count). The molecule has 0 saturated heterocycles. The highest BCUT2D eigenvalue weighted by atomic mass is 19.1. The molecule has 0 bridgehead atoms. The minimum Gasteiger partial charge on any atom is -0.387 e. The quantitative estimate of drug-likeness (QED) is 0.862. The van der Waals surface area contributed by atoms with Gasteiger partial charge in [-0.05, 0) is 32.4 Å². The molecule has 3 atom stereocenters. The standard InChI is InChI=1S/C16H21F2N3O/c1-10-7-20-21(9-10)12(3)11(2)19-8-16(22)14-5-4-13(17)6-15(14)18/h4-7,9,11-12,16,19,22H,8H2,1-3H3/t11-,12-,16-/m1/s1. The third kappa shape index (κ3) is 3.90. The highest BCUT2D eigenvalue weighted by molar-refractivity contribution is 5.21. The summed E-state index contributed by atoms with van der Waals surface area (Å²) in [6.07, 6.45) is 2.69. The van der Waals surface area contributed by atoms with Crippen LogP contribution in [0.2, 0.25) is 0 Å². The summed E-state index contributed by atoms with van der Waals surface area (Å²) in [5.74, 6) is -1.39. The van der Waals surface area contributed by atoms with Crippen molar-refractivity contribution < 1.29 is 13.9 Å². The molecule has 1 aromatic heterocycles. The van der Waals surface area contributed by atoms with Crippen molar-refractivity contribution in [2.45, 2.75) is 39.0 Å². The molecule has 1 aromatic carbocycles. The first kappa shape index (κ1) is 16.6. The maximum atomic E-state index is 13.6. The van der Waals surface area contributed by atoms with E-state index < -0.39 is 17.7 Å². The minimum atomic E-state index is -1.03. The lowest BCUT2D eigenvalue weighted by molar-refractivity contribution is 0.161. The van der Waals surface area contributed by atoms with E-state index in [9.17, 15) is 13.9 Å². The molecule has 22 heavy (non-hydrogen) atoms. The van der Waals surface area contributed by atoms with Gasteiger partial charge in [-0.3, -0.25) is 4.68 Å². The molecule has 2 aromatic rings. The molecule has 0 spiro atoms. The molecular formula is C16H21F2N3O. The van der Waals surface area contributed by atoms with Crippen molar-refractivity contribution in [2.24, 2.45) is 0 Å². The van der Waals surface area contributed by atoms with E-state index in [0.717, 1.165) is 17.7 Å². The molecule has 120 valence electrons. The summed E-state index contributed by atoms with van der Waals surface area (Å²) in [5, 5.41) is 17.5. The minimum absolute atomic E-state index is 0.0254. The van der Waals surface area contributed by atoms with Gasteiger partial charge in [-0.2, -0.15) is 5.10 Å². The lowest BCUT2D eigenvalue weighted by atomic mass is 10.1. The summed E-state index contributed by atoms with van der Waals surface area (Å²) in [7, 11) is 0. The number of halogens is 2. The molecule has 0 radical (unpaired) electrons. The molecule has 0 aliphatic heterocycles. The molecular weight excluding hydrogens is 288 g/mol. The van der Waals surface area contributed by atoms with Crippen molar-refractivity contribution in [3.63, 3.8) is 0 Å². The van der Waals surface area contributed by atoms with Crippen LogP contribution in [0, 0.1) is 18.6 Å². The normalized spacial score (nSPS) is 15.5. The molecule has 0 aliphatic rings. The Labute approximate surface area is 128 Å². The van der Waals surface area contributed by atoms with Crippen LogP contribution in [0.3, 0.4) is 0 Å². The van der Waals surface area contributed by atoms with Gasteiger partial charge in [0.1, 0.15) is 11.6 Å². The van der Waals surface area contributed by atoms with E-state index in [2.05, 4.69) is 10.4 Å². The fourth-order valence-electron chi connectivity index (χ4n) is 2.23. The zero-order chi connectivity index (χ0) is 16.3. The Hall–Kier alpha value is -1.79. The predicted molar refractivity (Wildman–Crippen MR) is 80.5 cm³/mol. The molecule has 0 saturated carbocycles. The van der Waals surface area contributed by atoms with Gasteiger partial charge in [-0.25, -0.2) is 8.78 Å². The Morgan fingerprint density at radius 1 is 1.32 bits per heavy atom. The van der Waals surface area contributed by atoms with Crippen LogP contribution in [-0.2, 0) is 0 Å². The fourth-order valence-corrected chi connectivity index (χ4v) is 2.23. The van der Waals surface area contributed by atoms with E-state index in [4.69, 9.17) is 0 Å². The van der Waals surface area contributed by atoms with Crippen LogP contribution in [0.1, 0.15) is 37.1 Å². The van der Waals surface area contributed by atoms with Gasteiger partial charge in [-0.1, -0.05) is 6.07 Å². The summed E-state index contributed by atoms with van der Waals surface area (Å²) < 4.78 is 28.3. The zero-order valence-corrected chi connectivity index (χ0v) is 12.9. The van der Waals surface area contributed by atoms with E-state index in [1.807, 2.05) is 31.6 Å². The molecule has 4 nitrogen and oxygen atoms in total. The molecule has 0 fully saturated rings. The van der Waals surface area contributed by atoms with Gasteiger partial charge in [0.15, 0.2) is 0 Å². The fraction of sp³-hybridized carbons (Fsp3) is 0.438. The lowest BCUT2D eigenvalue weighted by Gasteiger charge is -2.23. The average Bonchev–Trinajstić information content (AvgIpc) is 2.90. The highest BCUT2D eigenvalue weighted by Crippen LogP contribution is 2.18. The van der Waals surface area contributed by atoms with Crippen LogP contribution in [-0.4, -0.2) is 27.5 Å². The maximum Gasteiger partial charge on any atom is 0.131 e.